The largest absolute Gasteiger partial charge is 0.329 e. The van der Waals surface area contributed by atoms with Crippen LogP contribution in [0.15, 0.2) is 54.6 Å². The lowest BCUT2D eigenvalue weighted by atomic mass is 10.1. The van der Waals surface area contributed by atoms with Crippen molar-refractivity contribution in [2.45, 2.75) is 26.3 Å². The zero-order valence-electron chi connectivity index (χ0n) is 14.1. The number of hydrogen-bond acceptors (Lipinski definition) is 2. The quantitative estimate of drug-likeness (QED) is 0.872. The molecule has 4 heteroatoms. The third-order valence-electron chi connectivity index (χ3n) is 4.58. The first-order valence-electron chi connectivity index (χ1n) is 8.28. The zero-order valence-corrected chi connectivity index (χ0v) is 14.1. The Morgan fingerprint density at radius 3 is 2.42 bits per heavy atom. The van der Waals surface area contributed by atoms with Crippen LogP contribution in [0.3, 0.4) is 0 Å². The maximum atomic E-state index is 12.8. The Morgan fingerprint density at radius 2 is 1.71 bits per heavy atom. The van der Waals surface area contributed by atoms with Crippen molar-refractivity contribution in [2.75, 3.05) is 18.0 Å². The van der Waals surface area contributed by atoms with Gasteiger partial charge in [0.2, 0.25) is 11.8 Å². The first kappa shape index (κ1) is 16.2. The molecule has 1 aliphatic heterocycles. The van der Waals surface area contributed by atoms with E-state index in [1.165, 1.54) is 0 Å². The molecule has 4 nitrogen and oxygen atoms in total. The van der Waals surface area contributed by atoms with Crippen molar-refractivity contribution in [1.82, 2.24) is 4.90 Å². The molecule has 0 spiro atoms. The molecule has 1 heterocycles. The van der Waals surface area contributed by atoms with Crippen molar-refractivity contribution in [3.8, 4) is 0 Å². The predicted octanol–water partition coefficient (Wildman–Crippen LogP) is 2.80. The summed E-state index contributed by atoms with van der Waals surface area (Å²) in [5.74, 6) is -0.0107. The van der Waals surface area contributed by atoms with Crippen LogP contribution in [-0.4, -0.2) is 35.8 Å². The van der Waals surface area contributed by atoms with Gasteiger partial charge in [-0.25, -0.2) is 0 Å². The highest BCUT2D eigenvalue weighted by Crippen LogP contribution is 2.24. The first-order valence-corrected chi connectivity index (χ1v) is 8.28. The molecule has 0 bridgehead atoms. The van der Waals surface area contributed by atoms with E-state index in [1.807, 2.05) is 68.4 Å². The second-order valence-electron chi connectivity index (χ2n) is 6.20. The van der Waals surface area contributed by atoms with E-state index in [0.29, 0.717) is 19.5 Å². The number of rotatable bonds is 3. The van der Waals surface area contributed by atoms with Crippen molar-refractivity contribution >= 4 is 17.5 Å². The highest BCUT2D eigenvalue weighted by Gasteiger charge is 2.35. The number of piperazine rings is 1. The summed E-state index contributed by atoms with van der Waals surface area (Å²) < 4.78 is 0. The van der Waals surface area contributed by atoms with E-state index in [0.717, 1.165) is 16.8 Å². The summed E-state index contributed by atoms with van der Waals surface area (Å²) in [5, 5.41) is 0. The molecular weight excluding hydrogens is 300 g/mol. The molecular formula is C20H22N2O2. The Morgan fingerprint density at radius 1 is 1.04 bits per heavy atom. The second kappa shape index (κ2) is 6.87. The Labute approximate surface area is 142 Å². The Kier molecular flexibility index (Phi) is 4.65. The molecule has 2 aromatic carbocycles. The molecule has 0 aromatic heterocycles. The van der Waals surface area contributed by atoms with Crippen LogP contribution in [0.1, 0.15) is 18.1 Å². The number of carbonyl (C=O) groups is 2. The molecule has 0 N–H and O–H groups in total. The maximum Gasteiger partial charge on any atom is 0.249 e. The molecule has 0 radical (unpaired) electrons. The topological polar surface area (TPSA) is 40.6 Å². The fraction of sp³-hybridized carbons (Fsp3) is 0.300. The average molecular weight is 322 g/mol. The highest BCUT2D eigenvalue weighted by molar-refractivity contribution is 6.00. The van der Waals surface area contributed by atoms with Crippen molar-refractivity contribution < 1.29 is 9.59 Å². The highest BCUT2D eigenvalue weighted by atomic mass is 16.2. The van der Waals surface area contributed by atoms with Gasteiger partial charge in [0.25, 0.3) is 0 Å². The molecule has 1 saturated heterocycles. The molecule has 1 fully saturated rings. The fourth-order valence-electron chi connectivity index (χ4n) is 3.19. The molecule has 124 valence electrons. The van der Waals surface area contributed by atoms with Crippen LogP contribution in [0.5, 0.6) is 0 Å². The monoisotopic (exact) mass is 322 g/mol. The van der Waals surface area contributed by atoms with Crippen molar-refractivity contribution in [2.24, 2.45) is 0 Å². The summed E-state index contributed by atoms with van der Waals surface area (Å²) in [6.07, 6.45) is 0.336. The van der Waals surface area contributed by atoms with E-state index in [2.05, 4.69) is 0 Å². The number of amides is 2. The first-order chi connectivity index (χ1) is 11.6. The van der Waals surface area contributed by atoms with Gasteiger partial charge in [-0.15, -0.1) is 0 Å². The number of aryl methyl sites for hydroxylation is 1. The lowest BCUT2D eigenvalue weighted by molar-refractivity contribution is -0.140. The molecule has 1 aliphatic rings. The van der Waals surface area contributed by atoms with Crippen LogP contribution in [-0.2, 0) is 16.0 Å². The number of para-hydroxylation sites is 1. The fourth-order valence-corrected chi connectivity index (χ4v) is 3.19. The number of nitrogens with zero attached hydrogens (tertiary/aromatic N) is 2. The number of hydrogen-bond donors (Lipinski definition) is 0. The molecule has 0 saturated carbocycles. The van der Waals surface area contributed by atoms with E-state index in [4.69, 9.17) is 0 Å². The summed E-state index contributed by atoms with van der Waals surface area (Å²) in [6.45, 7) is 4.91. The Balaban J connectivity index is 1.73. The van der Waals surface area contributed by atoms with E-state index in [9.17, 15) is 9.59 Å². The van der Waals surface area contributed by atoms with E-state index >= 15 is 0 Å². The molecule has 2 amide bonds. The van der Waals surface area contributed by atoms with E-state index in [-0.39, 0.29) is 11.8 Å². The molecule has 0 aliphatic carbocycles. The van der Waals surface area contributed by atoms with Gasteiger partial charge in [0.1, 0.15) is 6.04 Å². The number of anilines is 1. The standard InChI is InChI=1S/C20H22N2O2/c1-15-8-6-7-11-18(15)22-13-12-21(16(2)20(22)24)19(23)14-17-9-4-3-5-10-17/h3-11,16H,12-14H2,1-2H3. The smallest absolute Gasteiger partial charge is 0.249 e. The minimum Gasteiger partial charge on any atom is -0.329 e. The van der Waals surface area contributed by atoms with E-state index < -0.39 is 6.04 Å². The number of benzene rings is 2. The van der Waals surface area contributed by atoms with Gasteiger partial charge < -0.3 is 9.80 Å². The third-order valence-corrected chi connectivity index (χ3v) is 4.58. The van der Waals surface area contributed by atoms with Crippen LogP contribution >= 0.6 is 0 Å². The zero-order chi connectivity index (χ0) is 17.1. The van der Waals surface area contributed by atoms with Crippen LogP contribution in [0.4, 0.5) is 5.69 Å². The third kappa shape index (κ3) is 3.18. The predicted molar refractivity (Wildman–Crippen MR) is 94.9 cm³/mol. The van der Waals surface area contributed by atoms with Gasteiger partial charge in [0.05, 0.1) is 6.42 Å². The van der Waals surface area contributed by atoms with Gasteiger partial charge in [0, 0.05) is 18.8 Å². The van der Waals surface area contributed by atoms with Gasteiger partial charge in [-0.05, 0) is 31.0 Å². The Hall–Kier alpha value is -2.62. The minimum atomic E-state index is -0.436. The van der Waals surface area contributed by atoms with Gasteiger partial charge in [-0.3, -0.25) is 9.59 Å². The van der Waals surface area contributed by atoms with Crippen LogP contribution < -0.4 is 4.90 Å². The summed E-state index contributed by atoms with van der Waals surface area (Å²) >= 11 is 0. The molecule has 1 unspecified atom stereocenters. The summed E-state index contributed by atoms with van der Waals surface area (Å²) in [4.78, 5) is 28.9. The van der Waals surface area contributed by atoms with Crippen molar-refractivity contribution in [1.29, 1.82) is 0 Å². The normalized spacial score (nSPS) is 17.9. The average Bonchev–Trinajstić information content (AvgIpc) is 2.59. The van der Waals surface area contributed by atoms with E-state index in [1.54, 1.807) is 9.80 Å². The van der Waals surface area contributed by atoms with Crippen LogP contribution in [0.25, 0.3) is 0 Å². The van der Waals surface area contributed by atoms with Crippen molar-refractivity contribution in [3.63, 3.8) is 0 Å². The minimum absolute atomic E-state index is 0.00600. The summed E-state index contributed by atoms with van der Waals surface area (Å²) in [6, 6.07) is 17.1. The summed E-state index contributed by atoms with van der Waals surface area (Å²) in [5.41, 5.74) is 2.98. The molecule has 24 heavy (non-hydrogen) atoms. The Bertz CT molecular complexity index is 742. The lowest BCUT2D eigenvalue weighted by Gasteiger charge is -2.39. The number of carbonyl (C=O) groups excluding carboxylic acids is 2. The SMILES string of the molecule is Cc1ccccc1N1CCN(C(=O)Cc2ccccc2)C(C)C1=O. The van der Waals surface area contributed by atoms with Crippen LogP contribution in [0.2, 0.25) is 0 Å². The lowest BCUT2D eigenvalue weighted by Crippen LogP contribution is -2.58. The van der Waals surface area contributed by atoms with Gasteiger partial charge in [-0.2, -0.15) is 0 Å². The van der Waals surface area contributed by atoms with Gasteiger partial charge >= 0.3 is 0 Å². The molecule has 2 aromatic rings. The van der Waals surface area contributed by atoms with Gasteiger partial charge in [0.15, 0.2) is 0 Å². The van der Waals surface area contributed by atoms with Crippen molar-refractivity contribution in [3.05, 3.63) is 65.7 Å². The van der Waals surface area contributed by atoms with Gasteiger partial charge in [-0.1, -0.05) is 48.5 Å². The summed E-state index contributed by atoms with van der Waals surface area (Å²) in [7, 11) is 0. The maximum absolute atomic E-state index is 12.8. The van der Waals surface area contributed by atoms with Crippen LogP contribution in [0, 0.1) is 6.92 Å². The second-order valence-corrected chi connectivity index (χ2v) is 6.20. The molecule has 3 rings (SSSR count). The molecule has 1 atom stereocenters.